The predicted octanol–water partition coefficient (Wildman–Crippen LogP) is 5.78. The van der Waals surface area contributed by atoms with E-state index in [1.807, 2.05) is 18.2 Å². The first-order chi connectivity index (χ1) is 21.6. The van der Waals surface area contributed by atoms with E-state index in [0.717, 1.165) is 25.2 Å². The summed E-state index contributed by atoms with van der Waals surface area (Å²) in [7, 11) is -2.06. The van der Waals surface area contributed by atoms with Crippen molar-refractivity contribution in [2.75, 3.05) is 39.8 Å². The van der Waals surface area contributed by atoms with Crippen LogP contribution in [0.4, 0.5) is 10.5 Å². The van der Waals surface area contributed by atoms with Crippen LogP contribution in [0.25, 0.3) is 0 Å². The number of likely N-dealkylation sites (tertiary alicyclic amines) is 1. The SMILES string of the molecule is C#CCN(C(=O)OCc1ccc([N+](=O)[O-])cc1)C1CCN(CC[C@H](CN(C)S(=O)(=O)c2ccccc2)c2cccc(Cl)c2)CC1. The van der Waals surface area contributed by atoms with Gasteiger partial charge < -0.3 is 9.64 Å². The van der Waals surface area contributed by atoms with Crippen molar-refractivity contribution in [1.82, 2.24) is 14.1 Å². The van der Waals surface area contributed by atoms with E-state index >= 15 is 0 Å². The summed E-state index contributed by atoms with van der Waals surface area (Å²) in [6, 6.07) is 21.7. The van der Waals surface area contributed by atoms with E-state index < -0.39 is 21.0 Å². The molecule has 1 aliphatic rings. The quantitative estimate of drug-likeness (QED) is 0.131. The maximum absolute atomic E-state index is 13.3. The number of carbonyl (C=O) groups is 1. The van der Waals surface area contributed by atoms with Gasteiger partial charge in [-0.15, -0.1) is 6.42 Å². The number of nitrogens with zero attached hydrogens (tertiary/aromatic N) is 4. The lowest BCUT2D eigenvalue weighted by atomic mass is 9.94. The lowest BCUT2D eigenvalue weighted by Gasteiger charge is -2.37. The number of benzene rings is 3. The van der Waals surface area contributed by atoms with Gasteiger partial charge >= 0.3 is 6.09 Å². The molecule has 0 aromatic heterocycles. The lowest BCUT2D eigenvalue weighted by molar-refractivity contribution is -0.384. The second kappa shape index (κ2) is 15.9. The number of ether oxygens (including phenoxy) is 1. The highest BCUT2D eigenvalue weighted by Crippen LogP contribution is 2.27. The summed E-state index contributed by atoms with van der Waals surface area (Å²) in [6.45, 7) is 2.61. The zero-order valence-electron chi connectivity index (χ0n) is 25.1. The normalized spacial score (nSPS) is 14.9. The van der Waals surface area contributed by atoms with E-state index in [9.17, 15) is 23.3 Å². The largest absolute Gasteiger partial charge is 0.445 e. The molecule has 3 aromatic rings. The van der Waals surface area contributed by atoms with Gasteiger partial charge in [0.15, 0.2) is 0 Å². The minimum absolute atomic E-state index is 0.0178. The molecule has 1 aliphatic heterocycles. The number of hydrogen-bond donors (Lipinski definition) is 0. The fourth-order valence-corrected chi connectivity index (χ4v) is 6.92. The molecule has 0 saturated carbocycles. The minimum atomic E-state index is -3.66. The predicted molar refractivity (Wildman–Crippen MR) is 173 cm³/mol. The van der Waals surface area contributed by atoms with Gasteiger partial charge in [-0.25, -0.2) is 17.5 Å². The third-order valence-corrected chi connectivity index (χ3v) is 10.1. The third-order valence-electron chi connectivity index (χ3n) is 8.05. The first-order valence-electron chi connectivity index (χ1n) is 14.7. The van der Waals surface area contributed by atoms with Crippen molar-refractivity contribution in [2.24, 2.45) is 0 Å². The van der Waals surface area contributed by atoms with Gasteiger partial charge in [0, 0.05) is 49.9 Å². The summed E-state index contributed by atoms with van der Waals surface area (Å²) in [5.74, 6) is 2.47. The zero-order valence-corrected chi connectivity index (χ0v) is 26.7. The molecule has 4 rings (SSSR count). The van der Waals surface area contributed by atoms with Gasteiger partial charge in [-0.3, -0.25) is 15.0 Å². The van der Waals surface area contributed by atoms with Crippen LogP contribution in [-0.4, -0.2) is 79.4 Å². The monoisotopic (exact) mass is 652 g/mol. The van der Waals surface area contributed by atoms with Crippen LogP contribution in [0.15, 0.2) is 83.8 Å². The lowest BCUT2D eigenvalue weighted by Crippen LogP contribution is -2.48. The van der Waals surface area contributed by atoms with Crippen molar-refractivity contribution >= 4 is 33.4 Å². The van der Waals surface area contributed by atoms with Crippen molar-refractivity contribution in [1.29, 1.82) is 0 Å². The van der Waals surface area contributed by atoms with E-state index in [1.165, 1.54) is 16.4 Å². The third kappa shape index (κ3) is 9.28. The zero-order chi connectivity index (χ0) is 32.4. The molecule has 0 N–H and O–H groups in total. The Kier molecular flexibility index (Phi) is 12.0. The van der Waals surface area contributed by atoms with E-state index in [1.54, 1.807) is 60.5 Å². The summed E-state index contributed by atoms with van der Waals surface area (Å²) >= 11 is 6.31. The number of amides is 1. The number of non-ortho nitro benzene ring substituents is 1. The molecule has 0 bridgehead atoms. The summed E-state index contributed by atoms with van der Waals surface area (Å²) in [4.78, 5) is 27.5. The average molecular weight is 653 g/mol. The Morgan fingerprint density at radius 3 is 2.42 bits per heavy atom. The Morgan fingerprint density at radius 1 is 1.11 bits per heavy atom. The summed E-state index contributed by atoms with van der Waals surface area (Å²) < 4.78 is 33.4. The van der Waals surface area contributed by atoms with Crippen molar-refractivity contribution in [2.45, 2.75) is 42.7 Å². The number of rotatable bonds is 13. The van der Waals surface area contributed by atoms with Crippen LogP contribution < -0.4 is 0 Å². The van der Waals surface area contributed by atoms with Gasteiger partial charge in [-0.05, 0) is 79.3 Å². The van der Waals surface area contributed by atoms with Crippen molar-refractivity contribution < 1.29 is 22.9 Å². The Labute approximate surface area is 269 Å². The van der Waals surface area contributed by atoms with Gasteiger partial charge in [0.05, 0.1) is 16.4 Å². The maximum Gasteiger partial charge on any atom is 0.411 e. The van der Waals surface area contributed by atoms with Gasteiger partial charge in [0.1, 0.15) is 6.61 Å². The molecule has 10 nitrogen and oxygen atoms in total. The van der Waals surface area contributed by atoms with Crippen LogP contribution in [0.3, 0.4) is 0 Å². The fraction of sp³-hybridized carbons (Fsp3) is 0.364. The first-order valence-corrected chi connectivity index (χ1v) is 16.5. The Bertz CT molecular complexity index is 1590. The van der Waals surface area contributed by atoms with E-state index in [4.69, 9.17) is 22.8 Å². The van der Waals surface area contributed by atoms with Crippen LogP contribution >= 0.6 is 11.6 Å². The molecule has 1 amide bonds. The Hall–Kier alpha value is -3.95. The molecule has 1 atom stereocenters. The van der Waals surface area contributed by atoms with Gasteiger partial charge in [0.25, 0.3) is 5.69 Å². The van der Waals surface area contributed by atoms with Crippen LogP contribution in [0.2, 0.25) is 5.02 Å². The van der Waals surface area contributed by atoms with Crippen LogP contribution in [0.5, 0.6) is 0 Å². The molecule has 0 spiro atoms. The number of nitro groups is 1. The molecular formula is C33H37ClN4O6S. The number of halogens is 1. The number of nitro benzene ring substituents is 1. The van der Waals surface area contributed by atoms with Gasteiger partial charge in [-0.2, -0.15) is 0 Å². The smallest absolute Gasteiger partial charge is 0.411 e. The molecule has 0 unspecified atom stereocenters. The second-order valence-corrected chi connectivity index (χ2v) is 13.5. The highest BCUT2D eigenvalue weighted by atomic mass is 35.5. The van der Waals surface area contributed by atoms with Crippen LogP contribution in [0.1, 0.15) is 36.3 Å². The molecule has 12 heteroatoms. The fourth-order valence-electron chi connectivity index (χ4n) is 5.48. The molecule has 3 aromatic carbocycles. The first kappa shape index (κ1) is 33.9. The number of sulfonamides is 1. The number of likely N-dealkylation sites (N-methyl/N-ethyl adjacent to an activating group) is 1. The molecule has 1 saturated heterocycles. The average Bonchev–Trinajstić information content (AvgIpc) is 3.05. The molecule has 238 valence electrons. The van der Waals surface area contributed by atoms with E-state index in [2.05, 4.69) is 10.8 Å². The Balaban J connectivity index is 1.34. The minimum Gasteiger partial charge on any atom is -0.445 e. The number of terminal acetylenes is 1. The summed E-state index contributed by atoms with van der Waals surface area (Å²) in [5, 5.41) is 11.5. The molecule has 0 aliphatic carbocycles. The number of piperidine rings is 1. The van der Waals surface area contributed by atoms with Crippen LogP contribution in [0, 0.1) is 22.5 Å². The molecular weight excluding hydrogens is 616 g/mol. The standard InChI is InChI=1S/C33H37ClN4O6S/c1-3-19-37(33(39)44-25-26-12-14-31(15-13-26)38(40)41)30-17-21-36(22-18-30)20-16-28(27-8-7-9-29(34)23-27)24-35(2)45(42,43)32-10-5-4-6-11-32/h1,4-15,23,28,30H,16-22,24-25H2,2H3/t28-/m1/s1. The van der Waals surface area contributed by atoms with Gasteiger partial charge in [0.2, 0.25) is 10.0 Å². The Morgan fingerprint density at radius 2 is 1.80 bits per heavy atom. The maximum atomic E-state index is 13.3. The van der Waals surface area contributed by atoms with Crippen molar-refractivity contribution in [3.8, 4) is 12.3 Å². The van der Waals surface area contributed by atoms with Crippen molar-refractivity contribution in [3.05, 3.63) is 105 Å². The molecule has 0 radical (unpaired) electrons. The van der Waals surface area contributed by atoms with E-state index in [0.29, 0.717) is 36.4 Å². The number of carbonyl (C=O) groups excluding carboxylic acids is 1. The highest BCUT2D eigenvalue weighted by molar-refractivity contribution is 7.89. The topological polar surface area (TPSA) is 113 Å². The van der Waals surface area contributed by atoms with Crippen LogP contribution in [-0.2, 0) is 21.4 Å². The summed E-state index contributed by atoms with van der Waals surface area (Å²) in [6.07, 6.45) is 7.18. The number of hydrogen-bond acceptors (Lipinski definition) is 7. The highest BCUT2D eigenvalue weighted by Gasteiger charge is 2.30. The van der Waals surface area contributed by atoms with Gasteiger partial charge in [-0.1, -0.05) is 47.9 Å². The van der Waals surface area contributed by atoms with E-state index in [-0.39, 0.29) is 35.7 Å². The molecule has 1 heterocycles. The van der Waals surface area contributed by atoms with Crippen molar-refractivity contribution in [3.63, 3.8) is 0 Å². The molecule has 1 fully saturated rings. The molecule has 45 heavy (non-hydrogen) atoms. The second-order valence-electron chi connectivity index (χ2n) is 11.0. The summed E-state index contributed by atoms with van der Waals surface area (Å²) in [5.41, 5.74) is 1.58.